The van der Waals surface area contributed by atoms with Crippen LogP contribution in [0.3, 0.4) is 0 Å². The molecule has 26 heavy (non-hydrogen) atoms. The summed E-state index contributed by atoms with van der Waals surface area (Å²) in [6.45, 7) is 0. The van der Waals surface area contributed by atoms with Crippen molar-refractivity contribution in [3.63, 3.8) is 0 Å². The zero-order valence-electron chi connectivity index (χ0n) is 13.4. The van der Waals surface area contributed by atoms with Gasteiger partial charge in [0.2, 0.25) is 11.2 Å². The number of hydrogen-bond acceptors (Lipinski definition) is 7. The fraction of sp³-hybridized carbons (Fsp3) is 0.176. The Morgan fingerprint density at radius 1 is 1.19 bits per heavy atom. The van der Waals surface area contributed by atoms with Crippen LogP contribution in [-0.4, -0.2) is 27.9 Å². The van der Waals surface area contributed by atoms with Gasteiger partial charge in [0.25, 0.3) is 5.91 Å². The van der Waals surface area contributed by atoms with E-state index in [-0.39, 0.29) is 5.91 Å². The van der Waals surface area contributed by atoms with Crippen molar-refractivity contribution >= 4 is 51.0 Å². The van der Waals surface area contributed by atoms with Gasteiger partial charge in [-0.05, 0) is 17.7 Å². The van der Waals surface area contributed by atoms with E-state index in [4.69, 9.17) is 16.4 Å². The normalized spacial score (nSPS) is 16.2. The van der Waals surface area contributed by atoms with E-state index in [9.17, 15) is 4.79 Å². The van der Waals surface area contributed by atoms with Crippen molar-refractivity contribution in [3.05, 3.63) is 62.2 Å². The van der Waals surface area contributed by atoms with Gasteiger partial charge >= 0.3 is 0 Å². The molecule has 3 heterocycles. The van der Waals surface area contributed by atoms with E-state index in [1.807, 2.05) is 36.4 Å². The lowest BCUT2D eigenvalue weighted by Gasteiger charge is -2.06. The van der Waals surface area contributed by atoms with Crippen LogP contribution in [0.15, 0.2) is 47.6 Å². The molecule has 1 atom stereocenters. The molecular formula is C17H13ClN4O2S2. The molecule has 0 spiro atoms. The largest absolute Gasteiger partial charge is 0.382 e. The van der Waals surface area contributed by atoms with E-state index in [2.05, 4.69) is 20.7 Å². The third kappa shape index (κ3) is 3.92. The predicted molar refractivity (Wildman–Crippen MR) is 103 cm³/mol. The second-order valence-electron chi connectivity index (χ2n) is 5.59. The third-order valence-electron chi connectivity index (χ3n) is 3.71. The SMILES string of the molecule is O=C(Nc1nnc(Cc2ccccc2)s1)C1CC(c2ccc(Cl)s2)=NO1. The maximum absolute atomic E-state index is 12.4. The molecule has 0 saturated heterocycles. The number of carbonyl (C=O) groups excluding carboxylic acids is 1. The lowest BCUT2D eigenvalue weighted by atomic mass is 10.1. The molecule has 2 aromatic heterocycles. The fourth-order valence-electron chi connectivity index (χ4n) is 2.46. The number of nitrogens with zero attached hydrogens (tertiary/aromatic N) is 3. The minimum absolute atomic E-state index is 0.284. The number of carbonyl (C=O) groups is 1. The summed E-state index contributed by atoms with van der Waals surface area (Å²) in [5.74, 6) is -0.284. The second kappa shape index (κ2) is 7.53. The van der Waals surface area contributed by atoms with E-state index in [0.29, 0.717) is 22.3 Å². The van der Waals surface area contributed by atoms with E-state index in [1.54, 1.807) is 6.07 Å². The Balaban J connectivity index is 1.34. The molecule has 0 aliphatic carbocycles. The number of aromatic nitrogens is 2. The quantitative estimate of drug-likeness (QED) is 0.697. The molecule has 1 unspecified atom stereocenters. The zero-order chi connectivity index (χ0) is 17.9. The van der Waals surface area contributed by atoms with Crippen LogP contribution in [0, 0.1) is 0 Å². The first-order chi connectivity index (χ1) is 12.7. The summed E-state index contributed by atoms with van der Waals surface area (Å²) in [5, 5.41) is 16.2. The summed E-state index contributed by atoms with van der Waals surface area (Å²) in [4.78, 5) is 18.5. The van der Waals surface area contributed by atoms with Gasteiger partial charge in [-0.15, -0.1) is 21.5 Å². The Labute approximate surface area is 162 Å². The first kappa shape index (κ1) is 17.1. The Morgan fingerprint density at radius 3 is 2.81 bits per heavy atom. The number of benzene rings is 1. The highest BCUT2D eigenvalue weighted by molar-refractivity contribution is 7.18. The van der Waals surface area contributed by atoms with Crippen molar-refractivity contribution < 1.29 is 9.63 Å². The van der Waals surface area contributed by atoms with E-state index >= 15 is 0 Å². The number of anilines is 1. The molecule has 0 saturated carbocycles. The average molecular weight is 405 g/mol. The van der Waals surface area contributed by atoms with Crippen LogP contribution in [0.25, 0.3) is 0 Å². The van der Waals surface area contributed by atoms with Crippen molar-refractivity contribution in [1.82, 2.24) is 10.2 Å². The summed E-state index contributed by atoms with van der Waals surface area (Å²) in [7, 11) is 0. The molecule has 9 heteroatoms. The van der Waals surface area contributed by atoms with Gasteiger partial charge in [-0.1, -0.05) is 58.4 Å². The first-order valence-electron chi connectivity index (χ1n) is 7.83. The zero-order valence-corrected chi connectivity index (χ0v) is 15.8. The Kier molecular flexibility index (Phi) is 4.96. The Morgan fingerprint density at radius 2 is 2.04 bits per heavy atom. The summed E-state index contributed by atoms with van der Waals surface area (Å²) in [5.41, 5.74) is 1.87. The van der Waals surface area contributed by atoms with Crippen LogP contribution in [-0.2, 0) is 16.1 Å². The summed E-state index contributed by atoms with van der Waals surface area (Å²) < 4.78 is 0.676. The standard InChI is InChI=1S/C17H13ClN4O2S2/c18-14-7-6-13(25-14)11-9-12(24-22-11)16(23)19-17-21-20-15(26-17)8-10-4-2-1-3-5-10/h1-7,12H,8-9H2,(H,19,21,23). The lowest BCUT2D eigenvalue weighted by molar-refractivity contribution is -0.125. The smallest absolute Gasteiger partial charge is 0.270 e. The number of hydrogen-bond donors (Lipinski definition) is 1. The van der Waals surface area contributed by atoms with Crippen LogP contribution in [0.4, 0.5) is 5.13 Å². The molecule has 1 aromatic carbocycles. The summed E-state index contributed by atoms with van der Waals surface area (Å²) >= 11 is 8.70. The molecule has 132 valence electrons. The molecule has 6 nitrogen and oxygen atoms in total. The number of nitrogens with one attached hydrogen (secondary N) is 1. The van der Waals surface area contributed by atoms with Crippen LogP contribution >= 0.6 is 34.3 Å². The molecule has 3 aromatic rings. The highest BCUT2D eigenvalue weighted by Crippen LogP contribution is 2.27. The molecule has 0 radical (unpaired) electrons. The van der Waals surface area contributed by atoms with Crippen molar-refractivity contribution in [2.75, 3.05) is 5.32 Å². The maximum Gasteiger partial charge on any atom is 0.270 e. The van der Waals surface area contributed by atoms with Gasteiger partial charge in [-0.3, -0.25) is 10.1 Å². The van der Waals surface area contributed by atoms with E-state index < -0.39 is 6.10 Å². The Bertz CT molecular complexity index is 955. The highest BCUT2D eigenvalue weighted by atomic mass is 35.5. The molecule has 0 bridgehead atoms. The number of rotatable bonds is 5. The molecule has 1 aliphatic heterocycles. The minimum Gasteiger partial charge on any atom is -0.382 e. The summed E-state index contributed by atoms with van der Waals surface area (Å²) in [6.07, 6.45) is 0.409. The average Bonchev–Trinajstić information content (AvgIpc) is 3.37. The van der Waals surface area contributed by atoms with Crippen molar-refractivity contribution in [1.29, 1.82) is 0 Å². The van der Waals surface area contributed by atoms with Crippen LogP contribution < -0.4 is 5.32 Å². The van der Waals surface area contributed by atoms with Gasteiger partial charge in [0.15, 0.2) is 0 Å². The topological polar surface area (TPSA) is 76.5 Å². The molecule has 1 amide bonds. The van der Waals surface area contributed by atoms with Crippen LogP contribution in [0.2, 0.25) is 4.34 Å². The molecule has 4 rings (SSSR count). The Hall–Kier alpha value is -2.29. The third-order valence-corrected chi connectivity index (χ3v) is 5.83. The maximum atomic E-state index is 12.4. The second-order valence-corrected chi connectivity index (χ2v) is 8.37. The monoisotopic (exact) mass is 404 g/mol. The minimum atomic E-state index is -0.674. The van der Waals surface area contributed by atoms with Gasteiger partial charge in [0.05, 0.1) is 9.21 Å². The van der Waals surface area contributed by atoms with Gasteiger partial charge in [0, 0.05) is 12.8 Å². The number of oxime groups is 1. The number of amides is 1. The van der Waals surface area contributed by atoms with Crippen molar-refractivity contribution in [2.24, 2.45) is 5.16 Å². The van der Waals surface area contributed by atoms with Crippen molar-refractivity contribution in [2.45, 2.75) is 18.9 Å². The fourth-order valence-corrected chi connectivity index (χ4v) is 4.27. The van der Waals surface area contributed by atoms with E-state index in [1.165, 1.54) is 22.7 Å². The van der Waals surface area contributed by atoms with Crippen LogP contribution in [0.1, 0.15) is 21.9 Å². The number of halogens is 1. The summed E-state index contributed by atoms with van der Waals surface area (Å²) in [6, 6.07) is 13.7. The highest BCUT2D eigenvalue weighted by Gasteiger charge is 2.30. The molecular weight excluding hydrogens is 392 g/mol. The van der Waals surface area contributed by atoms with Gasteiger partial charge in [-0.2, -0.15) is 0 Å². The number of thiophene rings is 1. The van der Waals surface area contributed by atoms with Crippen LogP contribution in [0.5, 0.6) is 0 Å². The van der Waals surface area contributed by atoms with Gasteiger partial charge < -0.3 is 4.84 Å². The predicted octanol–water partition coefficient (Wildman–Crippen LogP) is 3.98. The van der Waals surface area contributed by atoms with Crippen molar-refractivity contribution in [3.8, 4) is 0 Å². The first-order valence-corrected chi connectivity index (χ1v) is 9.84. The molecule has 1 aliphatic rings. The molecule has 1 N–H and O–H groups in total. The van der Waals surface area contributed by atoms with Gasteiger partial charge in [-0.25, -0.2) is 0 Å². The lowest BCUT2D eigenvalue weighted by Crippen LogP contribution is -2.27. The van der Waals surface area contributed by atoms with E-state index in [0.717, 1.165) is 21.2 Å². The van der Waals surface area contributed by atoms with Gasteiger partial charge in [0.1, 0.15) is 10.7 Å². The molecule has 0 fully saturated rings.